The molecule has 0 unspecified atom stereocenters. The maximum atomic E-state index is 3.27. The van der Waals surface area contributed by atoms with Crippen molar-refractivity contribution in [3.8, 4) is 0 Å². The highest BCUT2D eigenvalue weighted by Crippen LogP contribution is 2.25. The minimum atomic E-state index is 1.05. The monoisotopic (exact) mass is 198 g/mol. The molecule has 0 aliphatic carbocycles. The van der Waals surface area contributed by atoms with Gasteiger partial charge in [0, 0.05) is 24.2 Å². The highest BCUT2D eigenvalue weighted by molar-refractivity contribution is 5.93. The fourth-order valence-electron chi connectivity index (χ4n) is 1.98. The van der Waals surface area contributed by atoms with Crippen LogP contribution in [0.4, 0.5) is 5.69 Å². The molecule has 1 radical (unpaired) electrons. The standard InChI is InChI=1S/C14H16N/c1-3-15(4-2)14-11-7-9-12-8-5-6-10-13(12)14/h5-7,9-11H,3-4H2,1-2H3. The van der Waals surface area contributed by atoms with Gasteiger partial charge in [0.2, 0.25) is 0 Å². The molecule has 0 saturated heterocycles. The van der Waals surface area contributed by atoms with Crippen LogP contribution < -0.4 is 4.90 Å². The van der Waals surface area contributed by atoms with Crippen molar-refractivity contribution in [2.75, 3.05) is 18.0 Å². The van der Waals surface area contributed by atoms with E-state index >= 15 is 0 Å². The lowest BCUT2D eigenvalue weighted by atomic mass is 10.1. The summed E-state index contributed by atoms with van der Waals surface area (Å²) in [5.74, 6) is 0. The van der Waals surface area contributed by atoms with Crippen LogP contribution in [0, 0.1) is 6.07 Å². The maximum Gasteiger partial charge on any atom is 0.0445 e. The first-order chi connectivity index (χ1) is 7.36. The molecule has 0 heterocycles. The Hall–Kier alpha value is -1.50. The van der Waals surface area contributed by atoms with Gasteiger partial charge in [-0.3, -0.25) is 0 Å². The second kappa shape index (κ2) is 4.35. The maximum absolute atomic E-state index is 3.27. The first-order valence-electron chi connectivity index (χ1n) is 5.51. The van der Waals surface area contributed by atoms with Gasteiger partial charge < -0.3 is 4.90 Å². The van der Waals surface area contributed by atoms with Crippen LogP contribution in [0.1, 0.15) is 13.8 Å². The van der Waals surface area contributed by atoms with Crippen molar-refractivity contribution < 1.29 is 0 Å². The number of hydrogen-bond donors (Lipinski definition) is 0. The van der Waals surface area contributed by atoms with Crippen LogP contribution in [0.25, 0.3) is 10.8 Å². The first-order valence-corrected chi connectivity index (χ1v) is 5.51. The smallest absolute Gasteiger partial charge is 0.0445 e. The van der Waals surface area contributed by atoms with Gasteiger partial charge in [0.15, 0.2) is 0 Å². The Morgan fingerprint density at radius 2 is 1.87 bits per heavy atom. The molecule has 0 N–H and O–H groups in total. The molecule has 0 saturated carbocycles. The molecule has 15 heavy (non-hydrogen) atoms. The summed E-state index contributed by atoms with van der Waals surface area (Å²) in [5.41, 5.74) is 1.31. The highest BCUT2D eigenvalue weighted by atomic mass is 15.1. The van der Waals surface area contributed by atoms with Crippen molar-refractivity contribution in [2.45, 2.75) is 13.8 Å². The van der Waals surface area contributed by atoms with Gasteiger partial charge in [-0.15, -0.1) is 0 Å². The molecule has 0 aliphatic rings. The quantitative estimate of drug-likeness (QED) is 0.729. The molecule has 0 aromatic heterocycles. The van der Waals surface area contributed by atoms with E-state index in [2.05, 4.69) is 55.1 Å². The summed E-state index contributed by atoms with van der Waals surface area (Å²) < 4.78 is 0. The zero-order valence-electron chi connectivity index (χ0n) is 9.33. The molecule has 0 atom stereocenters. The van der Waals surface area contributed by atoms with Crippen molar-refractivity contribution in [1.82, 2.24) is 0 Å². The summed E-state index contributed by atoms with van der Waals surface area (Å²) in [5, 5.41) is 2.49. The van der Waals surface area contributed by atoms with Crippen molar-refractivity contribution in [1.29, 1.82) is 0 Å². The Morgan fingerprint density at radius 3 is 2.60 bits per heavy atom. The van der Waals surface area contributed by atoms with E-state index in [1.807, 2.05) is 6.07 Å². The second-order valence-electron chi connectivity index (χ2n) is 3.58. The van der Waals surface area contributed by atoms with E-state index in [0.717, 1.165) is 13.1 Å². The Morgan fingerprint density at radius 1 is 1.07 bits per heavy atom. The Labute approximate surface area is 91.3 Å². The fourth-order valence-corrected chi connectivity index (χ4v) is 1.98. The van der Waals surface area contributed by atoms with E-state index in [4.69, 9.17) is 0 Å². The van der Waals surface area contributed by atoms with Crippen LogP contribution in [0.15, 0.2) is 36.4 Å². The van der Waals surface area contributed by atoms with Crippen LogP contribution in [-0.4, -0.2) is 13.1 Å². The summed E-state index contributed by atoms with van der Waals surface area (Å²) in [6.45, 7) is 6.47. The average molecular weight is 198 g/mol. The zero-order valence-corrected chi connectivity index (χ0v) is 9.33. The van der Waals surface area contributed by atoms with E-state index in [1.54, 1.807) is 0 Å². The fraction of sp³-hybridized carbons (Fsp3) is 0.286. The van der Waals surface area contributed by atoms with E-state index < -0.39 is 0 Å². The summed E-state index contributed by atoms with van der Waals surface area (Å²) in [7, 11) is 0. The number of anilines is 1. The predicted molar refractivity (Wildman–Crippen MR) is 66.3 cm³/mol. The van der Waals surface area contributed by atoms with Gasteiger partial charge in [-0.05, 0) is 31.4 Å². The summed E-state index contributed by atoms with van der Waals surface area (Å²) in [6.07, 6.45) is 0. The van der Waals surface area contributed by atoms with Crippen LogP contribution in [0.5, 0.6) is 0 Å². The first kappa shape index (κ1) is 10.0. The summed E-state index contributed by atoms with van der Waals surface area (Å²) >= 11 is 0. The van der Waals surface area contributed by atoms with Crippen LogP contribution >= 0.6 is 0 Å². The lowest BCUT2D eigenvalue weighted by Gasteiger charge is -2.22. The lowest BCUT2D eigenvalue weighted by molar-refractivity contribution is 0.870. The molecule has 1 nitrogen and oxygen atoms in total. The van der Waals surface area contributed by atoms with Gasteiger partial charge >= 0.3 is 0 Å². The van der Waals surface area contributed by atoms with Crippen molar-refractivity contribution in [3.05, 3.63) is 42.5 Å². The minimum Gasteiger partial charge on any atom is -0.372 e. The molecular formula is C14H16N. The Balaban J connectivity index is 2.59. The summed E-state index contributed by atoms with van der Waals surface area (Å²) in [4.78, 5) is 2.37. The average Bonchev–Trinajstić information content (AvgIpc) is 2.31. The third kappa shape index (κ3) is 1.82. The van der Waals surface area contributed by atoms with Gasteiger partial charge in [0.25, 0.3) is 0 Å². The summed E-state index contributed by atoms with van der Waals surface area (Å²) in [6, 6.07) is 15.9. The lowest BCUT2D eigenvalue weighted by Crippen LogP contribution is -2.21. The predicted octanol–water partition coefficient (Wildman–Crippen LogP) is 3.49. The molecule has 0 amide bonds. The number of nitrogens with zero attached hydrogens (tertiary/aromatic N) is 1. The Kier molecular flexibility index (Phi) is 2.91. The van der Waals surface area contributed by atoms with E-state index in [1.165, 1.54) is 16.5 Å². The van der Waals surface area contributed by atoms with Crippen LogP contribution in [0.3, 0.4) is 0 Å². The number of benzene rings is 2. The largest absolute Gasteiger partial charge is 0.372 e. The van der Waals surface area contributed by atoms with E-state index in [9.17, 15) is 0 Å². The van der Waals surface area contributed by atoms with E-state index in [-0.39, 0.29) is 0 Å². The number of hydrogen-bond acceptors (Lipinski definition) is 1. The third-order valence-corrected chi connectivity index (χ3v) is 2.79. The van der Waals surface area contributed by atoms with Gasteiger partial charge in [-0.1, -0.05) is 30.3 Å². The van der Waals surface area contributed by atoms with Crippen LogP contribution in [-0.2, 0) is 0 Å². The van der Waals surface area contributed by atoms with Gasteiger partial charge in [0.05, 0.1) is 0 Å². The van der Waals surface area contributed by atoms with Gasteiger partial charge in [-0.2, -0.15) is 0 Å². The molecule has 2 aromatic rings. The number of rotatable bonds is 3. The normalized spacial score (nSPS) is 10.5. The van der Waals surface area contributed by atoms with Crippen LogP contribution in [0.2, 0.25) is 0 Å². The third-order valence-electron chi connectivity index (χ3n) is 2.79. The number of fused-ring (bicyclic) bond motifs is 1. The second-order valence-corrected chi connectivity index (χ2v) is 3.58. The van der Waals surface area contributed by atoms with Crippen molar-refractivity contribution in [2.24, 2.45) is 0 Å². The SMILES string of the molecule is CCN(CC)c1cccc2[c]cccc12. The van der Waals surface area contributed by atoms with Gasteiger partial charge in [0.1, 0.15) is 0 Å². The molecule has 1 heteroatoms. The van der Waals surface area contributed by atoms with Crippen molar-refractivity contribution in [3.63, 3.8) is 0 Å². The molecule has 2 rings (SSSR count). The topological polar surface area (TPSA) is 3.24 Å². The molecule has 0 spiro atoms. The molecule has 0 bridgehead atoms. The highest BCUT2D eigenvalue weighted by Gasteiger charge is 2.05. The minimum absolute atomic E-state index is 1.05. The van der Waals surface area contributed by atoms with Crippen molar-refractivity contribution >= 4 is 16.5 Å². The molecular weight excluding hydrogens is 182 g/mol. The Bertz CT molecular complexity index is 439. The zero-order chi connectivity index (χ0) is 10.7. The molecule has 0 fully saturated rings. The molecule has 77 valence electrons. The molecule has 0 aliphatic heterocycles. The molecule has 2 aromatic carbocycles. The van der Waals surface area contributed by atoms with Gasteiger partial charge in [-0.25, -0.2) is 0 Å². The van der Waals surface area contributed by atoms with E-state index in [0.29, 0.717) is 0 Å².